The molecule has 0 saturated heterocycles. The van der Waals surface area contributed by atoms with Crippen molar-refractivity contribution in [3.8, 4) is 11.5 Å². The predicted molar refractivity (Wildman–Crippen MR) is 78.9 cm³/mol. The highest BCUT2D eigenvalue weighted by Gasteiger charge is 2.57. The standard InChI is InChI=1S/C15H19F2NO2.ClH/c1-9-11-3-4-13(20-8-10-7-15(10,16)17)14(19-2)12(11)5-6-18-9;/h3-4,9-10,18H,5-8H2,1-2H3;1H. The highest BCUT2D eigenvalue weighted by molar-refractivity contribution is 5.85. The quantitative estimate of drug-likeness (QED) is 0.923. The van der Waals surface area contributed by atoms with E-state index in [1.54, 1.807) is 7.11 Å². The molecule has 0 bridgehead atoms. The second-order valence-electron chi connectivity index (χ2n) is 5.56. The molecule has 1 heterocycles. The lowest BCUT2D eigenvalue weighted by molar-refractivity contribution is 0.0851. The fourth-order valence-electron chi connectivity index (χ4n) is 2.79. The highest BCUT2D eigenvalue weighted by atomic mass is 35.5. The number of hydrogen-bond acceptors (Lipinski definition) is 3. The molecular formula is C15H20ClF2NO2. The zero-order valence-corrected chi connectivity index (χ0v) is 12.9. The molecule has 1 fully saturated rings. The van der Waals surface area contributed by atoms with Crippen LogP contribution in [0, 0.1) is 5.92 Å². The molecule has 1 aromatic rings. The number of halogens is 3. The molecule has 0 aromatic heterocycles. The van der Waals surface area contributed by atoms with Crippen LogP contribution >= 0.6 is 12.4 Å². The van der Waals surface area contributed by atoms with Gasteiger partial charge >= 0.3 is 0 Å². The summed E-state index contributed by atoms with van der Waals surface area (Å²) in [4.78, 5) is 0. The monoisotopic (exact) mass is 319 g/mol. The molecule has 1 aliphatic carbocycles. The van der Waals surface area contributed by atoms with E-state index in [1.807, 2.05) is 12.1 Å². The van der Waals surface area contributed by atoms with E-state index in [2.05, 4.69) is 12.2 Å². The molecule has 118 valence electrons. The molecule has 1 aliphatic heterocycles. The molecule has 6 heteroatoms. The van der Waals surface area contributed by atoms with Gasteiger partial charge in [0.15, 0.2) is 11.5 Å². The van der Waals surface area contributed by atoms with E-state index in [1.165, 1.54) is 5.56 Å². The van der Waals surface area contributed by atoms with Gasteiger partial charge in [-0.25, -0.2) is 8.78 Å². The van der Waals surface area contributed by atoms with Crippen molar-refractivity contribution in [3.63, 3.8) is 0 Å². The van der Waals surface area contributed by atoms with Crippen molar-refractivity contribution in [2.75, 3.05) is 20.3 Å². The van der Waals surface area contributed by atoms with Crippen LogP contribution < -0.4 is 14.8 Å². The van der Waals surface area contributed by atoms with Gasteiger partial charge in [-0.15, -0.1) is 12.4 Å². The van der Waals surface area contributed by atoms with Crippen LogP contribution in [0.2, 0.25) is 0 Å². The van der Waals surface area contributed by atoms with Crippen molar-refractivity contribution >= 4 is 12.4 Å². The minimum atomic E-state index is -2.54. The Labute approximate surface area is 129 Å². The second-order valence-corrected chi connectivity index (χ2v) is 5.56. The van der Waals surface area contributed by atoms with Gasteiger partial charge in [-0.3, -0.25) is 0 Å². The Morgan fingerprint density at radius 1 is 1.38 bits per heavy atom. The van der Waals surface area contributed by atoms with E-state index < -0.39 is 11.8 Å². The summed E-state index contributed by atoms with van der Waals surface area (Å²) in [6.45, 7) is 3.04. The van der Waals surface area contributed by atoms with E-state index in [-0.39, 0.29) is 31.5 Å². The molecule has 1 aromatic carbocycles. The first-order valence-corrected chi connectivity index (χ1v) is 6.96. The summed E-state index contributed by atoms with van der Waals surface area (Å²) >= 11 is 0. The molecule has 21 heavy (non-hydrogen) atoms. The number of hydrogen-bond donors (Lipinski definition) is 1. The molecule has 3 rings (SSSR count). The van der Waals surface area contributed by atoms with Crippen molar-refractivity contribution < 1.29 is 18.3 Å². The third-order valence-corrected chi connectivity index (χ3v) is 4.15. The van der Waals surface area contributed by atoms with Gasteiger partial charge in [0, 0.05) is 18.0 Å². The summed E-state index contributed by atoms with van der Waals surface area (Å²) in [5, 5.41) is 3.38. The number of fused-ring (bicyclic) bond motifs is 1. The zero-order valence-electron chi connectivity index (χ0n) is 12.1. The van der Waals surface area contributed by atoms with Gasteiger partial charge < -0.3 is 14.8 Å². The fourth-order valence-corrected chi connectivity index (χ4v) is 2.79. The van der Waals surface area contributed by atoms with E-state index in [9.17, 15) is 8.78 Å². The van der Waals surface area contributed by atoms with Crippen molar-refractivity contribution in [1.29, 1.82) is 0 Å². The van der Waals surface area contributed by atoms with Crippen LogP contribution in [0.5, 0.6) is 11.5 Å². The topological polar surface area (TPSA) is 30.5 Å². The number of ether oxygens (including phenoxy) is 2. The minimum absolute atomic E-state index is 0. The van der Waals surface area contributed by atoms with Gasteiger partial charge in [0.2, 0.25) is 0 Å². The second kappa shape index (κ2) is 5.97. The maximum absolute atomic E-state index is 12.9. The summed E-state index contributed by atoms with van der Waals surface area (Å²) in [6.07, 6.45) is 0.793. The van der Waals surface area contributed by atoms with Crippen LogP contribution in [0.4, 0.5) is 8.78 Å². The highest BCUT2D eigenvalue weighted by Crippen LogP contribution is 2.49. The number of rotatable bonds is 4. The first-order valence-electron chi connectivity index (χ1n) is 6.96. The lowest BCUT2D eigenvalue weighted by Crippen LogP contribution is -2.28. The molecule has 1 N–H and O–H groups in total. The molecule has 0 radical (unpaired) electrons. The number of nitrogens with one attached hydrogen (secondary N) is 1. The predicted octanol–water partition coefficient (Wildman–Crippen LogP) is 3.36. The summed E-state index contributed by atoms with van der Waals surface area (Å²) in [5.41, 5.74) is 2.32. The Bertz CT molecular complexity index is 525. The van der Waals surface area contributed by atoms with Gasteiger partial charge in [0.05, 0.1) is 19.6 Å². The Morgan fingerprint density at radius 2 is 2.10 bits per heavy atom. The Hall–Kier alpha value is -1.07. The summed E-state index contributed by atoms with van der Waals surface area (Å²) in [5.74, 6) is -1.92. The van der Waals surface area contributed by atoms with Crippen LogP contribution in [0.1, 0.15) is 30.5 Å². The number of methoxy groups -OCH3 is 1. The van der Waals surface area contributed by atoms with Crippen molar-refractivity contribution in [1.82, 2.24) is 5.32 Å². The van der Waals surface area contributed by atoms with Crippen LogP contribution in [-0.4, -0.2) is 26.2 Å². The SMILES string of the molecule is COc1c(OCC2CC2(F)F)ccc2c1CCNC2C.Cl. The van der Waals surface area contributed by atoms with Crippen molar-refractivity contribution in [2.45, 2.75) is 31.7 Å². The molecule has 1 saturated carbocycles. The van der Waals surface area contributed by atoms with Gasteiger partial charge in [-0.05, 0) is 31.5 Å². The average molecular weight is 320 g/mol. The van der Waals surface area contributed by atoms with Gasteiger partial charge in [0.25, 0.3) is 5.92 Å². The van der Waals surface area contributed by atoms with Gasteiger partial charge in [-0.2, -0.15) is 0 Å². The van der Waals surface area contributed by atoms with E-state index >= 15 is 0 Å². The normalized spacial score (nSPS) is 25.5. The van der Waals surface area contributed by atoms with E-state index in [0.29, 0.717) is 11.5 Å². The average Bonchev–Trinajstić information content (AvgIpc) is 3.03. The van der Waals surface area contributed by atoms with E-state index in [4.69, 9.17) is 9.47 Å². The van der Waals surface area contributed by atoms with Crippen molar-refractivity contribution in [2.24, 2.45) is 5.92 Å². The first-order chi connectivity index (χ1) is 9.53. The maximum atomic E-state index is 12.9. The van der Waals surface area contributed by atoms with Crippen LogP contribution in [-0.2, 0) is 6.42 Å². The number of benzene rings is 1. The fraction of sp³-hybridized carbons (Fsp3) is 0.600. The Kier molecular flexibility index (Phi) is 4.63. The molecule has 0 spiro atoms. The number of alkyl halides is 2. The maximum Gasteiger partial charge on any atom is 0.255 e. The summed E-state index contributed by atoms with van der Waals surface area (Å²) in [7, 11) is 1.60. The molecule has 3 nitrogen and oxygen atoms in total. The molecule has 2 unspecified atom stereocenters. The Morgan fingerprint density at radius 3 is 2.71 bits per heavy atom. The van der Waals surface area contributed by atoms with Crippen LogP contribution in [0.3, 0.4) is 0 Å². The molecule has 2 aliphatic rings. The smallest absolute Gasteiger partial charge is 0.255 e. The third-order valence-electron chi connectivity index (χ3n) is 4.15. The molecular weight excluding hydrogens is 300 g/mol. The minimum Gasteiger partial charge on any atom is -0.493 e. The summed E-state index contributed by atoms with van der Waals surface area (Å²) < 4.78 is 36.8. The lowest BCUT2D eigenvalue weighted by atomic mass is 9.94. The third kappa shape index (κ3) is 3.09. The molecule has 0 amide bonds. The summed E-state index contributed by atoms with van der Waals surface area (Å²) in [6, 6.07) is 4.09. The first kappa shape index (κ1) is 16.3. The van der Waals surface area contributed by atoms with Crippen molar-refractivity contribution in [3.05, 3.63) is 23.3 Å². The van der Waals surface area contributed by atoms with E-state index in [0.717, 1.165) is 18.5 Å². The zero-order chi connectivity index (χ0) is 14.3. The van der Waals surface area contributed by atoms with Crippen LogP contribution in [0.25, 0.3) is 0 Å². The Balaban J connectivity index is 0.00000161. The van der Waals surface area contributed by atoms with Crippen LogP contribution in [0.15, 0.2) is 12.1 Å². The lowest BCUT2D eigenvalue weighted by Gasteiger charge is -2.26. The van der Waals surface area contributed by atoms with Gasteiger partial charge in [0.1, 0.15) is 0 Å². The largest absolute Gasteiger partial charge is 0.493 e. The van der Waals surface area contributed by atoms with Gasteiger partial charge in [-0.1, -0.05) is 6.07 Å². The molecule has 2 atom stereocenters.